The minimum absolute atomic E-state index is 0.0113. The third-order valence-electron chi connectivity index (χ3n) is 5.30. The van der Waals surface area contributed by atoms with E-state index in [1.54, 1.807) is 0 Å². The maximum atomic E-state index is 12.3. The van der Waals surface area contributed by atoms with Crippen molar-refractivity contribution in [3.63, 3.8) is 0 Å². The van der Waals surface area contributed by atoms with Crippen LogP contribution in [0.1, 0.15) is 59.3 Å². The van der Waals surface area contributed by atoms with Crippen LogP contribution in [0.15, 0.2) is 42.5 Å². The van der Waals surface area contributed by atoms with Crippen LogP contribution in [0.3, 0.4) is 0 Å². The van der Waals surface area contributed by atoms with Crippen LogP contribution in [0, 0.1) is 13.8 Å². The van der Waals surface area contributed by atoms with Gasteiger partial charge in [0.2, 0.25) is 5.91 Å². The predicted octanol–water partition coefficient (Wildman–Crippen LogP) is 4.42. The highest BCUT2D eigenvalue weighted by molar-refractivity contribution is 5.98. The summed E-state index contributed by atoms with van der Waals surface area (Å²) >= 11 is 0. The maximum Gasteiger partial charge on any atom is 0.220 e. The minimum Gasteiger partial charge on any atom is -0.352 e. The molecule has 2 aromatic carbocycles. The van der Waals surface area contributed by atoms with E-state index in [-0.39, 0.29) is 24.5 Å². The molecule has 150 valence electrons. The maximum absolute atomic E-state index is 12.3. The summed E-state index contributed by atoms with van der Waals surface area (Å²) in [5.74, 6) is -0.0820. The van der Waals surface area contributed by atoms with Gasteiger partial charge in [-0.1, -0.05) is 36.4 Å². The largest absolute Gasteiger partial charge is 0.352 e. The zero-order valence-electron chi connectivity index (χ0n) is 17.7. The highest BCUT2D eigenvalue weighted by Crippen LogP contribution is 2.14. The SMILES string of the molecule is Cc1ccc(C(=O)CCC(=O)NCc2ccccc2CN(C)C(C)C)cc1C. The molecule has 0 bridgehead atoms. The molecule has 0 spiro atoms. The number of carbonyl (C=O) groups excluding carboxylic acids is 2. The van der Waals surface area contributed by atoms with E-state index in [1.165, 1.54) is 5.56 Å². The predicted molar refractivity (Wildman–Crippen MR) is 114 cm³/mol. The quantitative estimate of drug-likeness (QED) is 0.655. The van der Waals surface area contributed by atoms with E-state index in [0.717, 1.165) is 23.2 Å². The first-order chi connectivity index (χ1) is 13.3. The van der Waals surface area contributed by atoms with Crippen molar-refractivity contribution in [3.05, 3.63) is 70.3 Å². The molecule has 0 aliphatic heterocycles. The number of Topliss-reactive ketones (excluding diaryl/α,β-unsaturated/α-hetero) is 1. The molecule has 1 N–H and O–H groups in total. The van der Waals surface area contributed by atoms with Crippen molar-refractivity contribution in [1.29, 1.82) is 0 Å². The third kappa shape index (κ3) is 6.31. The zero-order chi connectivity index (χ0) is 20.7. The van der Waals surface area contributed by atoms with Crippen molar-refractivity contribution in [3.8, 4) is 0 Å². The van der Waals surface area contributed by atoms with Gasteiger partial charge >= 0.3 is 0 Å². The molecule has 0 saturated heterocycles. The van der Waals surface area contributed by atoms with Gasteiger partial charge in [-0.15, -0.1) is 0 Å². The number of nitrogens with one attached hydrogen (secondary N) is 1. The molecule has 0 radical (unpaired) electrons. The van der Waals surface area contributed by atoms with Crippen molar-refractivity contribution in [2.45, 2.75) is 59.7 Å². The second kappa shape index (κ2) is 10.2. The van der Waals surface area contributed by atoms with E-state index in [2.05, 4.69) is 37.2 Å². The summed E-state index contributed by atoms with van der Waals surface area (Å²) in [7, 11) is 2.10. The van der Waals surface area contributed by atoms with Crippen LogP contribution in [0.4, 0.5) is 0 Å². The molecule has 0 atom stereocenters. The van der Waals surface area contributed by atoms with Gasteiger partial charge in [0.25, 0.3) is 0 Å². The van der Waals surface area contributed by atoms with Gasteiger partial charge in [-0.2, -0.15) is 0 Å². The number of nitrogens with zero attached hydrogens (tertiary/aromatic N) is 1. The molecule has 2 rings (SSSR count). The molecular formula is C24H32N2O2. The Morgan fingerprint density at radius 3 is 2.29 bits per heavy atom. The minimum atomic E-state index is -0.0933. The standard InChI is InChI=1S/C24H32N2O2/c1-17(2)26(5)16-22-9-7-6-8-21(22)15-25-24(28)13-12-23(27)20-11-10-18(3)19(4)14-20/h6-11,14,17H,12-13,15-16H2,1-5H3,(H,25,28). The Balaban J connectivity index is 1.87. The zero-order valence-corrected chi connectivity index (χ0v) is 17.7. The molecule has 28 heavy (non-hydrogen) atoms. The van der Waals surface area contributed by atoms with E-state index in [0.29, 0.717) is 18.2 Å². The van der Waals surface area contributed by atoms with Crippen molar-refractivity contribution in [1.82, 2.24) is 10.2 Å². The van der Waals surface area contributed by atoms with E-state index in [9.17, 15) is 9.59 Å². The summed E-state index contributed by atoms with van der Waals surface area (Å²) in [6.07, 6.45) is 0.436. The highest BCUT2D eigenvalue weighted by atomic mass is 16.2. The fourth-order valence-corrected chi connectivity index (χ4v) is 2.90. The monoisotopic (exact) mass is 380 g/mol. The molecule has 0 aliphatic rings. The first-order valence-corrected chi connectivity index (χ1v) is 9.92. The summed E-state index contributed by atoms with van der Waals surface area (Å²) in [5.41, 5.74) is 5.27. The molecule has 4 heteroatoms. The van der Waals surface area contributed by atoms with Crippen LogP contribution in [-0.2, 0) is 17.9 Å². The number of ketones is 1. The highest BCUT2D eigenvalue weighted by Gasteiger charge is 2.12. The molecule has 0 aromatic heterocycles. The summed E-state index contributed by atoms with van der Waals surface area (Å²) in [6.45, 7) is 9.67. The van der Waals surface area contributed by atoms with Crippen molar-refractivity contribution < 1.29 is 9.59 Å². The first kappa shape index (κ1) is 21.8. The molecule has 0 fully saturated rings. The second-order valence-corrected chi connectivity index (χ2v) is 7.78. The Labute approximate surface area is 169 Å². The van der Waals surface area contributed by atoms with Crippen LogP contribution in [0.5, 0.6) is 0 Å². The fraction of sp³-hybridized carbons (Fsp3) is 0.417. The van der Waals surface area contributed by atoms with Gasteiger partial charge in [0.15, 0.2) is 5.78 Å². The van der Waals surface area contributed by atoms with Crippen LogP contribution < -0.4 is 5.32 Å². The third-order valence-corrected chi connectivity index (χ3v) is 5.30. The number of benzene rings is 2. The Kier molecular flexibility index (Phi) is 7.94. The van der Waals surface area contributed by atoms with Gasteiger partial charge in [0.05, 0.1) is 0 Å². The summed E-state index contributed by atoms with van der Waals surface area (Å²) in [4.78, 5) is 26.8. The molecule has 0 unspecified atom stereocenters. The number of amides is 1. The van der Waals surface area contributed by atoms with E-state index in [1.807, 2.05) is 50.2 Å². The van der Waals surface area contributed by atoms with Crippen LogP contribution in [0.2, 0.25) is 0 Å². The lowest BCUT2D eigenvalue weighted by molar-refractivity contribution is -0.121. The second-order valence-electron chi connectivity index (χ2n) is 7.78. The lowest BCUT2D eigenvalue weighted by Crippen LogP contribution is -2.27. The summed E-state index contributed by atoms with van der Waals surface area (Å²) in [6, 6.07) is 14.3. The Morgan fingerprint density at radius 1 is 0.964 bits per heavy atom. The van der Waals surface area contributed by atoms with Gasteiger partial charge in [0, 0.05) is 37.5 Å². The van der Waals surface area contributed by atoms with Crippen molar-refractivity contribution in [2.24, 2.45) is 0 Å². The number of hydrogen-bond donors (Lipinski definition) is 1. The molecule has 2 aromatic rings. The normalized spacial score (nSPS) is 11.1. The molecule has 1 amide bonds. The van der Waals surface area contributed by atoms with Gasteiger partial charge in [-0.05, 0) is 63.1 Å². The summed E-state index contributed by atoms with van der Waals surface area (Å²) in [5, 5.41) is 2.96. The molecule has 0 aliphatic carbocycles. The van der Waals surface area contributed by atoms with Crippen molar-refractivity contribution in [2.75, 3.05) is 7.05 Å². The van der Waals surface area contributed by atoms with Crippen LogP contribution in [-0.4, -0.2) is 29.7 Å². The Morgan fingerprint density at radius 2 is 1.64 bits per heavy atom. The van der Waals surface area contributed by atoms with Crippen LogP contribution in [0.25, 0.3) is 0 Å². The number of aryl methyl sites for hydroxylation is 2. The van der Waals surface area contributed by atoms with Crippen molar-refractivity contribution >= 4 is 11.7 Å². The van der Waals surface area contributed by atoms with Gasteiger partial charge in [-0.3, -0.25) is 14.5 Å². The number of carbonyl (C=O) groups is 2. The average Bonchev–Trinajstić information content (AvgIpc) is 2.67. The molecule has 0 saturated carbocycles. The molecular weight excluding hydrogens is 348 g/mol. The van der Waals surface area contributed by atoms with E-state index >= 15 is 0 Å². The van der Waals surface area contributed by atoms with Gasteiger partial charge in [0.1, 0.15) is 0 Å². The topological polar surface area (TPSA) is 49.4 Å². The van der Waals surface area contributed by atoms with E-state index in [4.69, 9.17) is 0 Å². The average molecular weight is 381 g/mol. The smallest absolute Gasteiger partial charge is 0.220 e. The number of hydrogen-bond acceptors (Lipinski definition) is 3. The Hall–Kier alpha value is -2.46. The van der Waals surface area contributed by atoms with E-state index < -0.39 is 0 Å². The summed E-state index contributed by atoms with van der Waals surface area (Å²) < 4.78 is 0. The lowest BCUT2D eigenvalue weighted by Gasteiger charge is -2.22. The molecule has 4 nitrogen and oxygen atoms in total. The fourth-order valence-electron chi connectivity index (χ4n) is 2.90. The first-order valence-electron chi connectivity index (χ1n) is 9.92. The van der Waals surface area contributed by atoms with Gasteiger partial charge < -0.3 is 5.32 Å². The Bertz CT molecular complexity index is 827. The lowest BCUT2D eigenvalue weighted by atomic mass is 10.0. The van der Waals surface area contributed by atoms with Gasteiger partial charge in [-0.25, -0.2) is 0 Å². The molecule has 0 heterocycles. The van der Waals surface area contributed by atoms with Crippen LogP contribution >= 0.6 is 0 Å². The number of rotatable bonds is 9.